The Hall–Kier alpha value is -0.930. The predicted octanol–water partition coefficient (Wildman–Crippen LogP) is 2.50. The molecule has 1 saturated carbocycles. The molecular weight excluding hydrogens is 234 g/mol. The van der Waals surface area contributed by atoms with Crippen LogP contribution in [-0.4, -0.2) is 34.6 Å². The van der Waals surface area contributed by atoms with Gasteiger partial charge in [-0.05, 0) is 38.8 Å². The Bertz CT molecular complexity index is 437. The minimum absolute atomic E-state index is 0.399. The summed E-state index contributed by atoms with van der Waals surface area (Å²) < 4.78 is 0. The molecule has 1 saturated heterocycles. The number of aryl methyl sites for hydroxylation is 1. The Morgan fingerprint density at radius 1 is 1.37 bits per heavy atom. The Kier molecular flexibility index (Phi) is 3.59. The molecule has 2 aliphatic rings. The topological polar surface area (TPSA) is 28.2 Å². The number of rotatable bonds is 2. The minimum atomic E-state index is 0.399. The average molecular weight is 259 g/mol. The van der Waals surface area contributed by atoms with Crippen molar-refractivity contribution in [3.63, 3.8) is 0 Å². The molecule has 0 aromatic carbocycles. The van der Waals surface area contributed by atoms with Crippen LogP contribution < -0.4 is 5.32 Å². The zero-order valence-electron chi connectivity index (χ0n) is 12.2. The monoisotopic (exact) mass is 259 g/mol. The Balaban J connectivity index is 1.71. The first kappa shape index (κ1) is 13.1. The van der Waals surface area contributed by atoms with Crippen molar-refractivity contribution in [1.29, 1.82) is 0 Å². The maximum Gasteiger partial charge on any atom is 0.0547 e. The van der Waals surface area contributed by atoms with Gasteiger partial charge in [-0.3, -0.25) is 9.88 Å². The number of pyridine rings is 1. The van der Waals surface area contributed by atoms with Gasteiger partial charge >= 0.3 is 0 Å². The number of hydrogen-bond acceptors (Lipinski definition) is 3. The molecule has 1 aliphatic heterocycles. The Morgan fingerprint density at radius 3 is 2.89 bits per heavy atom. The van der Waals surface area contributed by atoms with E-state index in [1.807, 2.05) is 0 Å². The Morgan fingerprint density at radius 2 is 2.16 bits per heavy atom. The van der Waals surface area contributed by atoms with E-state index in [9.17, 15) is 0 Å². The lowest BCUT2D eigenvalue weighted by atomic mass is 9.92. The molecule has 3 nitrogen and oxygen atoms in total. The van der Waals surface area contributed by atoms with Crippen molar-refractivity contribution >= 4 is 0 Å². The van der Waals surface area contributed by atoms with Gasteiger partial charge in [0.25, 0.3) is 0 Å². The smallest absolute Gasteiger partial charge is 0.0547 e. The standard InChI is InChI=1S/C16H25N3/c1-13-6-5-7-15(18-13)11-19-12-16(8-3-4-9-16)17-10-14(19)2/h5-7,14,17H,3-4,8-12H2,1-2H3. The molecule has 1 aromatic heterocycles. The highest BCUT2D eigenvalue weighted by atomic mass is 15.3. The highest BCUT2D eigenvalue weighted by Crippen LogP contribution is 2.33. The van der Waals surface area contributed by atoms with Crippen molar-refractivity contribution in [3.05, 3.63) is 29.6 Å². The number of nitrogens with zero attached hydrogens (tertiary/aromatic N) is 2. The number of nitrogens with one attached hydrogen (secondary N) is 1. The maximum absolute atomic E-state index is 4.65. The van der Waals surface area contributed by atoms with E-state index in [0.717, 1.165) is 18.8 Å². The number of piperazine rings is 1. The lowest BCUT2D eigenvalue weighted by Gasteiger charge is -2.45. The van der Waals surface area contributed by atoms with Gasteiger partial charge in [-0.2, -0.15) is 0 Å². The van der Waals surface area contributed by atoms with Gasteiger partial charge in [0.15, 0.2) is 0 Å². The molecule has 2 fully saturated rings. The molecule has 1 unspecified atom stereocenters. The van der Waals surface area contributed by atoms with Gasteiger partial charge in [-0.15, -0.1) is 0 Å². The predicted molar refractivity (Wildman–Crippen MR) is 78.0 cm³/mol. The van der Waals surface area contributed by atoms with Crippen molar-refractivity contribution in [2.75, 3.05) is 13.1 Å². The van der Waals surface area contributed by atoms with Crippen LogP contribution >= 0.6 is 0 Å². The summed E-state index contributed by atoms with van der Waals surface area (Å²) >= 11 is 0. The third-order valence-electron chi connectivity index (χ3n) is 4.77. The number of hydrogen-bond donors (Lipinski definition) is 1. The molecule has 0 bridgehead atoms. The average Bonchev–Trinajstić information content (AvgIpc) is 2.83. The fraction of sp³-hybridized carbons (Fsp3) is 0.688. The van der Waals surface area contributed by atoms with Gasteiger partial charge < -0.3 is 5.32 Å². The summed E-state index contributed by atoms with van der Waals surface area (Å²) in [7, 11) is 0. The third-order valence-corrected chi connectivity index (χ3v) is 4.77. The first-order chi connectivity index (χ1) is 9.17. The number of aromatic nitrogens is 1. The second-order valence-electron chi connectivity index (χ2n) is 6.39. The van der Waals surface area contributed by atoms with Gasteiger partial charge in [-0.25, -0.2) is 0 Å². The highest BCUT2D eigenvalue weighted by molar-refractivity contribution is 5.11. The molecule has 1 atom stereocenters. The van der Waals surface area contributed by atoms with E-state index in [1.54, 1.807) is 0 Å². The summed E-state index contributed by atoms with van der Waals surface area (Å²) in [6.07, 6.45) is 5.46. The summed E-state index contributed by atoms with van der Waals surface area (Å²) in [5.74, 6) is 0. The summed E-state index contributed by atoms with van der Waals surface area (Å²) in [6.45, 7) is 7.69. The van der Waals surface area contributed by atoms with E-state index in [0.29, 0.717) is 11.6 Å². The second-order valence-corrected chi connectivity index (χ2v) is 6.39. The summed E-state index contributed by atoms with van der Waals surface area (Å²) in [6, 6.07) is 6.95. The van der Waals surface area contributed by atoms with Gasteiger partial charge in [-0.1, -0.05) is 18.9 Å². The van der Waals surface area contributed by atoms with Crippen molar-refractivity contribution in [1.82, 2.24) is 15.2 Å². The molecule has 2 heterocycles. The van der Waals surface area contributed by atoms with Gasteiger partial charge in [0.2, 0.25) is 0 Å². The molecule has 0 amide bonds. The quantitative estimate of drug-likeness (QED) is 0.884. The van der Waals surface area contributed by atoms with Crippen LogP contribution in [0.25, 0.3) is 0 Å². The molecule has 1 spiro atoms. The van der Waals surface area contributed by atoms with Gasteiger partial charge in [0.1, 0.15) is 0 Å². The molecular formula is C16H25N3. The maximum atomic E-state index is 4.65. The van der Waals surface area contributed by atoms with Crippen LogP contribution in [0, 0.1) is 6.92 Å². The Labute approximate surface area is 116 Å². The molecule has 19 heavy (non-hydrogen) atoms. The fourth-order valence-corrected chi connectivity index (χ4v) is 3.59. The van der Waals surface area contributed by atoms with Crippen molar-refractivity contribution in [3.8, 4) is 0 Å². The zero-order valence-corrected chi connectivity index (χ0v) is 12.2. The van der Waals surface area contributed by atoms with Crippen LogP contribution in [0.2, 0.25) is 0 Å². The van der Waals surface area contributed by atoms with Gasteiger partial charge in [0, 0.05) is 36.9 Å². The van der Waals surface area contributed by atoms with E-state index < -0.39 is 0 Å². The molecule has 1 aliphatic carbocycles. The van der Waals surface area contributed by atoms with Crippen LogP contribution in [-0.2, 0) is 6.54 Å². The van der Waals surface area contributed by atoms with Crippen LogP contribution in [0.3, 0.4) is 0 Å². The summed E-state index contributed by atoms with van der Waals surface area (Å²) in [5, 5.41) is 3.81. The van der Waals surface area contributed by atoms with Crippen molar-refractivity contribution < 1.29 is 0 Å². The molecule has 104 valence electrons. The van der Waals surface area contributed by atoms with E-state index in [1.165, 1.54) is 37.9 Å². The fourth-order valence-electron chi connectivity index (χ4n) is 3.59. The van der Waals surface area contributed by atoms with E-state index in [2.05, 4.69) is 47.2 Å². The van der Waals surface area contributed by atoms with Crippen molar-refractivity contribution in [2.24, 2.45) is 0 Å². The largest absolute Gasteiger partial charge is 0.308 e. The first-order valence-electron chi connectivity index (χ1n) is 7.59. The lowest BCUT2D eigenvalue weighted by Crippen LogP contribution is -2.62. The van der Waals surface area contributed by atoms with Crippen LogP contribution in [0.5, 0.6) is 0 Å². The highest BCUT2D eigenvalue weighted by Gasteiger charge is 2.39. The molecule has 1 N–H and O–H groups in total. The molecule has 0 radical (unpaired) electrons. The van der Waals surface area contributed by atoms with Crippen molar-refractivity contribution in [2.45, 2.75) is 57.7 Å². The minimum Gasteiger partial charge on any atom is -0.308 e. The summed E-state index contributed by atoms with van der Waals surface area (Å²) in [5.41, 5.74) is 2.73. The summed E-state index contributed by atoms with van der Waals surface area (Å²) in [4.78, 5) is 7.27. The van der Waals surface area contributed by atoms with Crippen LogP contribution in [0.1, 0.15) is 44.0 Å². The lowest BCUT2D eigenvalue weighted by molar-refractivity contribution is 0.0815. The third kappa shape index (κ3) is 2.82. The van der Waals surface area contributed by atoms with Crippen LogP contribution in [0.4, 0.5) is 0 Å². The van der Waals surface area contributed by atoms with E-state index in [-0.39, 0.29) is 0 Å². The zero-order chi connectivity index (χ0) is 13.3. The normalized spacial score (nSPS) is 26.9. The van der Waals surface area contributed by atoms with Gasteiger partial charge in [0.05, 0.1) is 5.69 Å². The van der Waals surface area contributed by atoms with Crippen LogP contribution in [0.15, 0.2) is 18.2 Å². The SMILES string of the molecule is Cc1cccc(CN2CC3(CCCC3)NCC2C)n1. The molecule has 3 heteroatoms. The van der Waals surface area contributed by atoms with E-state index >= 15 is 0 Å². The molecule has 3 rings (SSSR count). The second kappa shape index (κ2) is 5.22. The first-order valence-corrected chi connectivity index (χ1v) is 7.59. The van der Waals surface area contributed by atoms with E-state index in [4.69, 9.17) is 0 Å². The molecule has 1 aromatic rings.